The molecule has 3 aromatic rings. The van der Waals surface area contributed by atoms with Crippen LogP contribution in [0.15, 0.2) is 66.0 Å². The summed E-state index contributed by atoms with van der Waals surface area (Å²) in [5.74, 6) is 0.785. The summed E-state index contributed by atoms with van der Waals surface area (Å²) in [5, 5.41) is 5.95. The topological polar surface area (TPSA) is 44.8 Å². The quantitative estimate of drug-likeness (QED) is 0.482. The zero-order valence-corrected chi connectivity index (χ0v) is 20.4. The highest BCUT2D eigenvalue weighted by atomic mass is 35.5. The molecule has 1 fully saturated rings. The van der Waals surface area contributed by atoms with Crippen LogP contribution in [0.4, 0.5) is 0 Å². The lowest BCUT2D eigenvalue weighted by Crippen LogP contribution is -2.50. The number of thiophene rings is 1. The van der Waals surface area contributed by atoms with Gasteiger partial charge in [-0.15, -0.1) is 11.3 Å². The van der Waals surface area contributed by atoms with Gasteiger partial charge in [-0.3, -0.25) is 14.6 Å². The summed E-state index contributed by atoms with van der Waals surface area (Å²) in [4.78, 5) is 18.6. The predicted molar refractivity (Wildman–Crippen MR) is 135 cm³/mol. The van der Waals surface area contributed by atoms with Crippen molar-refractivity contribution in [2.24, 2.45) is 0 Å². The number of piperazine rings is 1. The van der Waals surface area contributed by atoms with Gasteiger partial charge in [-0.25, -0.2) is 0 Å². The van der Waals surface area contributed by atoms with E-state index in [1.54, 1.807) is 11.3 Å². The average molecular weight is 484 g/mol. The van der Waals surface area contributed by atoms with E-state index >= 15 is 0 Å². The minimum absolute atomic E-state index is 0.0597. The molecule has 0 aliphatic carbocycles. The average Bonchev–Trinajstić information content (AvgIpc) is 3.35. The third kappa shape index (κ3) is 6.81. The molecule has 33 heavy (non-hydrogen) atoms. The Kier molecular flexibility index (Phi) is 8.40. The number of ether oxygens (including phenoxy) is 1. The number of amides is 1. The number of rotatable bonds is 9. The minimum atomic E-state index is -0.110. The first-order chi connectivity index (χ1) is 16.1. The van der Waals surface area contributed by atoms with E-state index in [1.165, 1.54) is 5.56 Å². The molecule has 0 radical (unpaired) electrons. The van der Waals surface area contributed by atoms with Gasteiger partial charge in [-0.05, 0) is 36.1 Å². The van der Waals surface area contributed by atoms with E-state index in [4.69, 9.17) is 16.3 Å². The van der Waals surface area contributed by atoms with Gasteiger partial charge in [-0.1, -0.05) is 59.6 Å². The number of halogens is 1. The van der Waals surface area contributed by atoms with Crippen LogP contribution < -0.4 is 10.1 Å². The molecule has 1 aromatic heterocycles. The molecule has 2 aromatic carbocycles. The SMILES string of the molecule is Cc1ccc(C(NC(=O)CN2CCN(CCOc3ccccc3Cl)CC2)c2cccs2)cc1. The van der Waals surface area contributed by atoms with E-state index in [1.807, 2.05) is 30.3 Å². The number of aryl methyl sites for hydroxylation is 1. The predicted octanol–water partition coefficient (Wildman–Crippen LogP) is 4.61. The molecule has 1 N–H and O–H groups in total. The Bertz CT molecular complexity index is 1020. The molecule has 1 saturated heterocycles. The molecule has 2 heterocycles. The zero-order valence-electron chi connectivity index (χ0n) is 18.9. The van der Waals surface area contributed by atoms with Gasteiger partial charge in [0.05, 0.1) is 17.6 Å². The number of nitrogens with zero attached hydrogens (tertiary/aromatic N) is 2. The smallest absolute Gasteiger partial charge is 0.234 e. The van der Waals surface area contributed by atoms with Crippen LogP contribution in [0.25, 0.3) is 0 Å². The molecular weight excluding hydrogens is 454 g/mol. The van der Waals surface area contributed by atoms with Gasteiger partial charge in [0.15, 0.2) is 0 Å². The number of nitrogens with one attached hydrogen (secondary N) is 1. The lowest BCUT2D eigenvalue weighted by atomic mass is 10.0. The molecule has 7 heteroatoms. The van der Waals surface area contributed by atoms with Gasteiger partial charge >= 0.3 is 0 Å². The maximum Gasteiger partial charge on any atom is 0.234 e. The lowest BCUT2D eigenvalue weighted by molar-refractivity contribution is -0.123. The summed E-state index contributed by atoms with van der Waals surface area (Å²) in [6.07, 6.45) is 0. The van der Waals surface area contributed by atoms with Gasteiger partial charge in [0, 0.05) is 37.6 Å². The highest BCUT2D eigenvalue weighted by Crippen LogP contribution is 2.26. The molecule has 174 valence electrons. The second-order valence-corrected chi connectivity index (χ2v) is 9.71. The summed E-state index contributed by atoms with van der Waals surface area (Å²) < 4.78 is 5.81. The summed E-state index contributed by atoms with van der Waals surface area (Å²) >= 11 is 7.82. The first-order valence-corrected chi connectivity index (χ1v) is 12.6. The maximum atomic E-state index is 12.9. The summed E-state index contributed by atoms with van der Waals surface area (Å²) in [5.41, 5.74) is 2.32. The normalized spacial score (nSPS) is 15.8. The van der Waals surface area contributed by atoms with E-state index in [2.05, 4.69) is 57.8 Å². The van der Waals surface area contributed by atoms with Gasteiger partial charge < -0.3 is 10.1 Å². The van der Waals surface area contributed by atoms with Gasteiger partial charge in [0.1, 0.15) is 12.4 Å². The second kappa shape index (κ2) is 11.7. The molecule has 1 atom stereocenters. The van der Waals surface area contributed by atoms with Crippen LogP contribution in [0.5, 0.6) is 5.75 Å². The number of carbonyl (C=O) groups excluding carboxylic acids is 1. The van der Waals surface area contributed by atoms with Crippen molar-refractivity contribution in [1.82, 2.24) is 15.1 Å². The van der Waals surface area contributed by atoms with Crippen molar-refractivity contribution in [2.75, 3.05) is 45.9 Å². The fourth-order valence-electron chi connectivity index (χ4n) is 3.96. The van der Waals surface area contributed by atoms with Crippen LogP contribution in [0.2, 0.25) is 5.02 Å². The number of para-hydroxylation sites is 1. The Morgan fingerprint density at radius 3 is 2.45 bits per heavy atom. The zero-order chi connectivity index (χ0) is 23.0. The molecule has 4 rings (SSSR count). The Morgan fingerprint density at radius 2 is 1.76 bits per heavy atom. The third-order valence-electron chi connectivity index (χ3n) is 5.88. The molecule has 1 unspecified atom stereocenters. The van der Waals surface area contributed by atoms with Crippen LogP contribution in [0, 0.1) is 6.92 Å². The number of hydrogen-bond acceptors (Lipinski definition) is 5. The number of hydrogen-bond donors (Lipinski definition) is 1. The highest BCUT2D eigenvalue weighted by molar-refractivity contribution is 7.10. The first-order valence-electron chi connectivity index (χ1n) is 11.3. The van der Waals surface area contributed by atoms with Crippen LogP contribution in [-0.2, 0) is 4.79 Å². The van der Waals surface area contributed by atoms with Crippen molar-refractivity contribution in [2.45, 2.75) is 13.0 Å². The maximum absolute atomic E-state index is 12.9. The molecule has 1 aliphatic rings. The van der Waals surface area contributed by atoms with Crippen molar-refractivity contribution in [3.05, 3.63) is 87.1 Å². The molecule has 1 amide bonds. The summed E-state index contributed by atoms with van der Waals surface area (Å²) in [6.45, 7) is 7.52. The van der Waals surface area contributed by atoms with E-state index in [0.29, 0.717) is 18.2 Å². The van der Waals surface area contributed by atoms with E-state index in [0.717, 1.165) is 48.9 Å². The van der Waals surface area contributed by atoms with Gasteiger partial charge in [0.25, 0.3) is 0 Å². The Balaban J connectivity index is 1.23. The third-order valence-corrected chi connectivity index (χ3v) is 7.13. The van der Waals surface area contributed by atoms with Crippen molar-refractivity contribution in [3.63, 3.8) is 0 Å². The molecular formula is C26H30ClN3O2S. The minimum Gasteiger partial charge on any atom is -0.491 e. The Labute approximate surface area is 204 Å². The van der Waals surface area contributed by atoms with E-state index < -0.39 is 0 Å². The molecule has 0 spiro atoms. The Morgan fingerprint density at radius 1 is 1.03 bits per heavy atom. The van der Waals surface area contributed by atoms with Crippen LogP contribution in [0.3, 0.4) is 0 Å². The highest BCUT2D eigenvalue weighted by Gasteiger charge is 2.22. The molecule has 0 bridgehead atoms. The van der Waals surface area contributed by atoms with Crippen LogP contribution in [-0.4, -0.2) is 61.6 Å². The largest absolute Gasteiger partial charge is 0.491 e. The number of benzene rings is 2. The van der Waals surface area contributed by atoms with Gasteiger partial charge in [0.2, 0.25) is 5.91 Å². The molecule has 5 nitrogen and oxygen atoms in total. The van der Waals surface area contributed by atoms with Crippen LogP contribution >= 0.6 is 22.9 Å². The Hall–Kier alpha value is -2.38. The van der Waals surface area contributed by atoms with Crippen molar-refractivity contribution in [1.29, 1.82) is 0 Å². The summed E-state index contributed by atoms with van der Waals surface area (Å²) in [7, 11) is 0. The number of carbonyl (C=O) groups is 1. The standard InChI is InChI=1S/C26H30ClN3O2S/c1-20-8-10-21(11-9-20)26(24-7-4-18-33-24)28-25(31)19-30-14-12-29(13-15-30)16-17-32-23-6-3-2-5-22(23)27/h2-11,18,26H,12-17,19H2,1H3,(H,28,31). The lowest BCUT2D eigenvalue weighted by Gasteiger charge is -2.34. The fraction of sp³-hybridized carbons (Fsp3) is 0.346. The van der Waals surface area contributed by atoms with Crippen LogP contribution in [0.1, 0.15) is 22.0 Å². The van der Waals surface area contributed by atoms with Crippen molar-refractivity contribution >= 4 is 28.8 Å². The van der Waals surface area contributed by atoms with Crippen molar-refractivity contribution in [3.8, 4) is 5.75 Å². The van der Waals surface area contributed by atoms with Gasteiger partial charge in [-0.2, -0.15) is 0 Å². The fourth-order valence-corrected chi connectivity index (χ4v) is 4.95. The molecule has 1 aliphatic heterocycles. The van der Waals surface area contributed by atoms with Crippen molar-refractivity contribution < 1.29 is 9.53 Å². The van der Waals surface area contributed by atoms with E-state index in [9.17, 15) is 4.79 Å². The monoisotopic (exact) mass is 483 g/mol. The first kappa shape index (κ1) is 23.8. The molecule has 0 saturated carbocycles. The second-order valence-electron chi connectivity index (χ2n) is 8.32. The van der Waals surface area contributed by atoms with E-state index in [-0.39, 0.29) is 11.9 Å². The summed E-state index contributed by atoms with van der Waals surface area (Å²) in [6, 6.07) is 19.9.